The van der Waals surface area contributed by atoms with Crippen LogP contribution in [0, 0.1) is 0 Å². The fourth-order valence-electron chi connectivity index (χ4n) is 3.24. The number of Topliss-reactive ketones (excluding diaryl/α,β-unsaturated/α-hetero) is 1. The molecule has 0 radical (unpaired) electrons. The number of carbonyl (C=O) groups excluding carboxylic acids is 2. The standard InChI is InChI=1S/C21H23NO5/c1-3-5-11-22-18(16-10-7-12-27-16)17(20(24)21(22)25)19(23)14-8-6-9-15(13-14)26-4-2/h6-10,12-13,18,23H,3-5,11H2,1-2H3/b19-17-. The van der Waals surface area contributed by atoms with E-state index in [0.29, 0.717) is 30.2 Å². The molecule has 2 aromatic rings. The van der Waals surface area contributed by atoms with E-state index in [1.54, 1.807) is 36.4 Å². The highest BCUT2D eigenvalue weighted by molar-refractivity contribution is 6.46. The Morgan fingerprint density at radius 3 is 2.70 bits per heavy atom. The smallest absolute Gasteiger partial charge is 0.295 e. The Bertz CT molecular complexity index is 853. The maximum absolute atomic E-state index is 12.7. The number of aliphatic hydroxyl groups excluding tert-OH is 1. The van der Waals surface area contributed by atoms with Crippen molar-refractivity contribution in [1.29, 1.82) is 0 Å². The topological polar surface area (TPSA) is 80.0 Å². The summed E-state index contributed by atoms with van der Waals surface area (Å²) in [5, 5.41) is 10.9. The number of rotatable bonds is 7. The van der Waals surface area contributed by atoms with Gasteiger partial charge in [-0.2, -0.15) is 0 Å². The van der Waals surface area contributed by atoms with Crippen molar-refractivity contribution in [2.75, 3.05) is 13.2 Å². The van der Waals surface area contributed by atoms with Crippen molar-refractivity contribution in [2.24, 2.45) is 0 Å². The molecule has 6 heteroatoms. The highest BCUT2D eigenvalue weighted by atomic mass is 16.5. The number of ketones is 1. The van der Waals surface area contributed by atoms with E-state index >= 15 is 0 Å². The van der Waals surface area contributed by atoms with Gasteiger partial charge in [-0.15, -0.1) is 0 Å². The second-order valence-electron chi connectivity index (χ2n) is 6.32. The third-order valence-electron chi connectivity index (χ3n) is 4.52. The molecule has 0 aliphatic carbocycles. The van der Waals surface area contributed by atoms with Crippen LogP contribution in [0.4, 0.5) is 0 Å². The number of ether oxygens (including phenoxy) is 1. The van der Waals surface area contributed by atoms with Gasteiger partial charge in [-0.3, -0.25) is 9.59 Å². The Morgan fingerprint density at radius 2 is 2.04 bits per heavy atom. The molecule has 142 valence electrons. The van der Waals surface area contributed by atoms with Gasteiger partial charge in [0.05, 0.1) is 18.4 Å². The van der Waals surface area contributed by atoms with Crippen LogP contribution in [0.2, 0.25) is 0 Å². The van der Waals surface area contributed by atoms with E-state index in [4.69, 9.17) is 9.15 Å². The largest absolute Gasteiger partial charge is 0.507 e. The molecule has 1 saturated heterocycles. The van der Waals surface area contributed by atoms with Gasteiger partial charge in [0.2, 0.25) is 0 Å². The van der Waals surface area contributed by atoms with Gasteiger partial charge in [0.25, 0.3) is 11.7 Å². The van der Waals surface area contributed by atoms with Crippen molar-refractivity contribution in [3.63, 3.8) is 0 Å². The van der Waals surface area contributed by atoms with E-state index in [1.807, 2.05) is 13.8 Å². The van der Waals surface area contributed by atoms with Crippen molar-refractivity contribution >= 4 is 17.4 Å². The third kappa shape index (κ3) is 3.60. The fraction of sp³-hybridized carbons (Fsp3) is 0.333. The van der Waals surface area contributed by atoms with Crippen molar-refractivity contribution in [2.45, 2.75) is 32.7 Å². The molecular weight excluding hydrogens is 346 g/mol. The Hall–Kier alpha value is -3.02. The predicted octanol–water partition coefficient (Wildman–Crippen LogP) is 3.90. The monoisotopic (exact) mass is 369 g/mol. The SMILES string of the molecule is CCCCN1C(=O)C(=O)/C(=C(\O)c2cccc(OCC)c2)C1c1ccco1. The molecule has 1 N–H and O–H groups in total. The lowest BCUT2D eigenvalue weighted by Crippen LogP contribution is -2.30. The Balaban J connectivity index is 2.10. The molecule has 27 heavy (non-hydrogen) atoms. The first kappa shape index (κ1) is 18.8. The van der Waals surface area contributed by atoms with Gasteiger partial charge in [0.15, 0.2) is 0 Å². The summed E-state index contributed by atoms with van der Waals surface area (Å²) in [5.74, 6) is -0.515. The van der Waals surface area contributed by atoms with Gasteiger partial charge in [-0.25, -0.2) is 0 Å². The normalized spacial score (nSPS) is 18.9. The Labute approximate surface area is 158 Å². The summed E-state index contributed by atoms with van der Waals surface area (Å²) in [4.78, 5) is 26.8. The molecule has 2 heterocycles. The van der Waals surface area contributed by atoms with Crippen LogP contribution in [0.15, 0.2) is 52.7 Å². The van der Waals surface area contributed by atoms with Crippen LogP contribution in [0.25, 0.3) is 5.76 Å². The second kappa shape index (κ2) is 8.12. The van der Waals surface area contributed by atoms with Gasteiger partial charge in [0.1, 0.15) is 23.3 Å². The van der Waals surface area contributed by atoms with E-state index in [0.717, 1.165) is 12.8 Å². The van der Waals surface area contributed by atoms with E-state index in [9.17, 15) is 14.7 Å². The number of hydrogen-bond donors (Lipinski definition) is 1. The molecule has 6 nitrogen and oxygen atoms in total. The number of likely N-dealkylation sites (tertiary alicyclic amines) is 1. The number of amides is 1. The first-order chi connectivity index (χ1) is 13.1. The lowest BCUT2D eigenvalue weighted by molar-refractivity contribution is -0.140. The van der Waals surface area contributed by atoms with Gasteiger partial charge in [-0.1, -0.05) is 25.5 Å². The van der Waals surface area contributed by atoms with Crippen LogP contribution in [-0.2, 0) is 9.59 Å². The molecule has 1 aliphatic heterocycles. The first-order valence-electron chi connectivity index (χ1n) is 9.13. The van der Waals surface area contributed by atoms with Crippen LogP contribution in [0.1, 0.15) is 44.1 Å². The summed E-state index contributed by atoms with van der Waals surface area (Å²) in [5.41, 5.74) is 0.464. The maximum Gasteiger partial charge on any atom is 0.295 e. The molecule has 1 atom stereocenters. The van der Waals surface area contributed by atoms with Crippen molar-refractivity contribution in [1.82, 2.24) is 4.90 Å². The molecule has 0 saturated carbocycles. The number of nitrogens with zero attached hydrogens (tertiary/aromatic N) is 1. The van der Waals surface area contributed by atoms with Crippen molar-refractivity contribution in [3.8, 4) is 5.75 Å². The van der Waals surface area contributed by atoms with E-state index in [1.165, 1.54) is 11.2 Å². The lowest BCUT2D eigenvalue weighted by Gasteiger charge is -2.23. The zero-order chi connectivity index (χ0) is 19.4. The molecule has 1 fully saturated rings. The highest BCUT2D eigenvalue weighted by Gasteiger charge is 2.47. The van der Waals surface area contributed by atoms with Crippen LogP contribution >= 0.6 is 0 Å². The zero-order valence-corrected chi connectivity index (χ0v) is 15.5. The molecule has 1 aromatic carbocycles. The summed E-state index contributed by atoms with van der Waals surface area (Å²) < 4.78 is 11.0. The Kier molecular flexibility index (Phi) is 5.64. The molecule has 1 unspecified atom stereocenters. The maximum atomic E-state index is 12.7. The fourth-order valence-corrected chi connectivity index (χ4v) is 3.24. The average Bonchev–Trinajstić information content (AvgIpc) is 3.28. The summed E-state index contributed by atoms with van der Waals surface area (Å²) in [6.07, 6.45) is 3.12. The van der Waals surface area contributed by atoms with Crippen LogP contribution in [0.5, 0.6) is 5.75 Å². The van der Waals surface area contributed by atoms with Gasteiger partial charge >= 0.3 is 0 Å². The number of aliphatic hydroxyl groups is 1. The molecule has 1 amide bonds. The van der Waals surface area contributed by atoms with E-state index < -0.39 is 17.7 Å². The third-order valence-corrected chi connectivity index (χ3v) is 4.52. The van der Waals surface area contributed by atoms with E-state index in [-0.39, 0.29) is 11.3 Å². The second-order valence-corrected chi connectivity index (χ2v) is 6.32. The van der Waals surface area contributed by atoms with Crippen LogP contribution in [0.3, 0.4) is 0 Å². The minimum absolute atomic E-state index is 0.0414. The Morgan fingerprint density at radius 1 is 1.22 bits per heavy atom. The quantitative estimate of drug-likeness (QED) is 0.455. The average molecular weight is 369 g/mol. The van der Waals surface area contributed by atoms with Crippen LogP contribution in [-0.4, -0.2) is 34.8 Å². The minimum Gasteiger partial charge on any atom is -0.507 e. The van der Waals surface area contributed by atoms with Crippen LogP contribution < -0.4 is 4.74 Å². The predicted molar refractivity (Wildman–Crippen MR) is 100 cm³/mol. The summed E-state index contributed by atoms with van der Waals surface area (Å²) in [6, 6.07) is 9.50. The molecular formula is C21H23NO5. The number of unbranched alkanes of at least 4 members (excludes halogenated alkanes) is 1. The number of furan rings is 1. The van der Waals surface area contributed by atoms with Gasteiger partial charge in [-0.05, 0) is 37.6 Å². The molecule has 3 rings (SSSR count). The van der Waals surface area contributed by atoms with E-state index in [2.05, 4.69) is 0 Å². The number of carbonyl (C=O) groups is 2. The van der Waals surface area contributed by atoms with Gasteiger partial charge in [0, 0.05) is 12.1 Å². The number of hydrogen-bond acceptors (Lipinski definition) is 5. The molecule has 0 spiro atoms. The first-order valence-corrected chi connectivity index (χ1v) is 9.13. The summed E-state index contributed by atoms with van der Waals surface area (Å²) in [6.45, 7) is 4.78. The summed E-state index contributed by atoms with van der Waals surface area (Å²) >= 11 is 0. The molecule has 1 aliphatic rings. The minimum atomic E-state index is -0.734. The number of benzene rings is 1. The highest BCUT2D eigenvalue weighted by Crippen LogP contribution is 2.39. The van der Waals surface area contributed by atoms with Crippen molar-refractivity contribution in [3.05, 3.63) is 59.6 Å². The summed E-state index contributed by atoms with van der Waals surface area (Å²) in [7, 11) is 0. The lowest BCUT2D eigenvalue weighted by atomic mass is 9.99. The van der Waals surface area contributed by atoms with Gasteiger partial charge < -0.3 is 19.2 Å². The zero-order valence-electron chi connectivity index (χ0n) is 15.5. The van der Waals surface area contributed by atoms with Crippen molar-refractivity contribution < 1.29 is 23.8 Å². The molecule has 1 aromatic heterocycles. The molecule has 0 bridgehead atoms.